The Bertz CT molecular complexity index is 1080. The molecule has 7 heteroatoms. The molecule has 1 fully saturated rings. The van der Waals surface area contributed by atoms with E-state index in [0.717, 1.165) is 35.9 Å². The molecule has 1 saturated heterocycles. The largest absolute Gasteiger partial charge is 0.353 e. The van der Waals surface area contributed by atoms with Crippen LogP contribution in [0.4, 0.5) is 17.5 Å². The number of piperazine rings is 1. The summed E-state index contributed by atoms with van der Waals surface area (Å²) in [5, 5.41) is 3.23. The van der Waals surface area contributed by atoms with Crippen molar-refractivity contribution < 1.29 is 4.79 Å². The van der Waals surface area contributed by atoms with Crippen molar-refractivity contribution in [3.63, 3.8) is 0 Å². The number of rotatable bonds is 4. The Kier molecular flexibility index (Phi) is 6.08. The topological polar surface area (TPSA) is 74.2 Å². The second-order valence-electron chi connectivity index (χ2n) is 9.21. The predicted octanol–water partition coefficient (Wildman–Crippen LogP) is 4.18. The number of hydrogen-bond acceptors (Lipinski definition) is 6. The average molecular weight is 431 g/mol. The van der Waals surface area contributed by atoms with Crippen molar-refractivity contribution in [3.8, 4) is 0 Å². The van der Waals surface area contributed by atoms with Crippen LogP contribution in [0.25, 0.3) is 0 Å². The smallest absolute Gasteiger partial charge is 0.253 e. The first-order chi connectivity index (χ1) is 15.3. The van der Waals surface area contributed by atoms with E-state index in [1.165, 1.54) is 5.56 Å². The van der Waals surface area contributed by atoms with Crippen LogP contribution in [0, 0.1) is 6.92 Å². The maximum atomic E-state index is 13.0. The quantitative estimate of drug-likeness (QED) is 0.669. The van der Waals surface area contributed by atoms with Gasteiger partial charge in [-0.2, -0.15) is 0 Å². The second kappa shape index (κ2) is 8.94. The number of hydrogen-bond donors (Lipinski definition) is 1. The van der Waals surface area contributed by atoms with Gasteiger partial charge < -0.3 is 15.1 Å². The van der Waals surface area contributed by atoms with Crippen LogP contribution in [0.2, 0.25) is 0 Å². The molecule has 3 aromatic rings. The predicted molar refractivity (Wildman–Crippen MR) is 128 cm³/mol. The van der Waals surface area contributed by atoms with Crippen molar-refractivity contribution in [2.24, 2.45) is 0 Å². The Morgan fingerprint density at radius 2 is 1.59 bits per heavy atom. The van der Waals surface area contributed by atoms with Gasteiger partial charge in [0.05, 0.1) is 0 Å². The van der Waals surface area contributed by atoms with Crippen molar-refractivity contribution in [2.45, 2.75) is 33.1 Å². The maximum absolute atomic E-state index is 13.0. The lowest BCUT2D eigenvalue weighted by Gasteiger charge is -2.35. The molecule has 32 heavy (non-hydrogen) atoms. The zero-order valence-electron chi connectivity index (χ0n) is 19.2. The summed E-state index contributed by atoms with van der Waals surface area (Å²) in [4.78, 5) is 30.1. The highest BCUT2D eigenvalue weighted by atomic mass is 16.2. The molecule has 1 amide bonds. The number of benzene rings is 1. The fraction of sp³-hybridized carbons (Fsp3) is 0.360. The number of pyridine rings is 1. The minimum absolute atomic E-state index is 0.0772. The van der Waals surface area contributed by atoms with Crippen LogP contribution < -0.4 is 10.2 Å². The average Bonchev–Trinajstić information content (AvgIpc) is 2.78. The highest BCUT2D eigenvalue weighted by Crippen LogP contribution is 2.23. The van der Waals surface area contributed by atoms with Gasteiger partial charge in [0, 0.05) is 44.0 Å². The van der Waals surface area contributed by atoms with E-state index < -0.39 is 0 Å². The van der Waals surface area contributed by atoms with Crippen LogP contribution in [-0.4, -0.2) is 51.9 Å². The molecular formula is C25H30N6O. The monoisotopic (exact) mass is 430 g/mol. The van der Waals surface area contributed by atoms with E-state index in [1.54, 1.807) is 12.5 Å². The maximum Gasteiger partial charge on any atom is 0.253 e. The van der Waals surface area contributed by atoms with E-state index in [9.17, 15) is 4.79 Å². The lowest BCUT2D eigenvalue weighted by Crippen LogP contribution is -2.49. The normalized spacial score (nSPS) is 14.4. The number of nitrogens with one attached hydrogen (secondary N) is 1. The fourth-order valence-electron chi connectivity index (χ4n) is 3.76. The summed E-state index contributed by atoms with van der Waals surface area (Å²) in [6, 6.07) is 13.8. The molecule has 7 nitrogen and oxygen atoms in total. The molecular weight excluding hydrogens is 400 g/mol. The summed E-state index contributed by atoms with van der Waals surface area (Å²) < 4.78 is 0. The van der Waals surface area contributed by atoms with Crippen molar-refractivity contribution >= 4 is 23.4 Å². The van der Waals surface area contributed by atoms with Gasteiger partial charge >= 0.3 is 0 Å². The van der Waals surface area contributed by atoms with Crippen LogP contribution in [0.5, 0.6) is 0 Å². The number of amides is 1. The molecule has 2 aromatic heterocycles. The lowest BCUT2D eigenvalue weighted by molar-refractivity contribution is 0.0746. The number of anilines is 3. The molecule has 3 heterocycles. The third-order valence-corrected chi connectivity index (χ3v) is 5.71. The standard InChI is InChI=1S/C25H30N6O/c1-18-9-10-26-21(15-18)29-22-16-23(28-17-27-22)30-11-13-31(14-12-30)24(32)19-5-7-20(8-6-19)25(2,3)4/h5-10,15-17H,11-14H2,1-4H3,(H,26,27,28,29). The highest BCUT2D eigenvalue weighted by Gasteiger charge is 2.23. The summed E-state index contributed by atoms with van der Waals surface area (Å²) in [5.74, 6) is 2.38. The number of carbonyl (C=O) groups is 1. The first kappa shape index (κ1) is 21.7. The van der Waals surface area contributed by atoms with Crippen LogP contribution in [0.1, 0.15) is 42.3 Å². The molecule has 1 N–H and O–H groups in total. The van der Waals surface area contributed by atoms with E-state index in [1.807, 2.05) is 42.2 Å². The zero-order valence-corrected chi connectivity index (χ0v) is 19.2. The third kappa shape index (κ3) is 5.04. The molecule has 1 aromatic carbocycles. The fourth-order valence-corrected chi connectivity index (χ4v) is 3.76. The summed E-state index contributed by atoms with van der Waals surface area (Å²) in [6.07, 6.45) is 3.33. The summed E-state index contributed by atoms with van der Waals surface area (Å²) in [5.41, 5.74) is 3.18. The number of aromatic nitrogens is 3. The van der Waals surface area contributed by atoms with E-state index in [-0.39, 0.29) is 11.3 Å². The first-order valence-electron chi connectivity index (χ1n) is 11.0. The van der Waals surface area contributed by atoms with E-state index in [2.05, 4.69) is 58.1 Å². The second-order valence-corrected chi connectivity index (χ2v) is 9.21. The Hall–Kier alpha value is -3.48. The molecule has 1 aliphatic heterocycles. The first-order valence-corrected chi connectivity index (χ1v) is 11.0. The van der Waals surface area contributed by atoms with Gasteiger partial charge in [0.15, 0.2) is 0 Å². The Balaban J connectivity index is 1.38. The SMILES string of the molecule is Cc1ccnc(Nc2cc(N3CCN(C(=O)c4ccc(C(C)(C)C)cc4)CC3)ncn2)c1. The van der Waals surface area contributed by atoms with Crippen molar-refractivity contribution in [3.05, 3.63) is 71.7 Å². The Morgan fingerprint density at radius 1 is 0.906 bits per heavy atom. The Morgan fingerprint density at radius 3 is 2.25 bits per heavy atom. The molecule has 0 saturated carbocycles. The van der Waals surface area contributed by atoms with Crippen LogP contribution in [0.3, 0.4) is 0 Å². The number of nitrogens with zero attached hydrogens (tertiary/aromatic N) is 5. The molecule has 4 rings (SSSR count). The molecule has 166 valence electrons. The van der Waals surface area contributed by atoms with Gasteiger partial charge in [0.2, 0.25) is 0 Å². The van der Waals surface area contributed by atoms with Crippen LogP contribution >= 0.6 is 0 Å². The molecule has 0 unspecified atom stereocenters. The van der Waals surface area contributed by atoms with Gasteiger partial charge in [0.25, 0.3) is 5.91 Å². The Labute approximate surface area is 189 Å². The van der Waals surface area contributed by atoms with Crippen molar-refractivity contribution in [2.75, 3.05) is 36.4 Å². The van der Waals surface area contributed by atoms with Gasteiger partial charge in [-0.25, -0.2) is 15.0 Å². The van der Waals surface area contributed by atoms with Gasteiger partial charge in [-0.3, -0.25) is 4.79 Å². The van der Waals surface area contributed by atoms with Gasteiger partial charge in [0.1, 0.15) is 23.8 Å². The van der Waals surface area contributed by atoms with Crippen molar-refractivity contribution in [1.82, 2.24) is 19.9 Å². The highest BCUT2D eigenvalue weighted by molar-refractivity contribution is 5.94. The molecule has 1 aliphatic rings. The minimum Gasteiger partial charge on any atom is -0.353 e. The lowest BCUT2D eigenvalue weighted by atomic mass is 9.86. The summed E-state index contributed by atoms with van der Waals surface area (Å²) in [6.45, 7) is 11.3. The van der Waals surface area contributed by atoms with Gasteiger partial charge in [-0.1, -0.05) is 32.9 Å². The summed E-state index contributed by atoms with van der Waals surface area (Å²) in [7, 11) is 0. The molecule has 0 spiro atoms. The van der Waals surface area contributed by atoms with Crippen LogP contribution in [-0.2, 0) is 5.41 Å². The third-order valence-electron chi connectivity index (χ3n) is 5.71. The molecule has 0 radical (unpaired) electrons. The van der Waals surface area contributed by atoms with Crippen LogP contribution in [0.15, 0.2) is 55.0 Å². The van der Waals surface area contributed by atoms with Gasteiger partial charge in [-0.15, -0.1) is 0 Å². The molecule has 0 bridgehead atoms. The number of carbonyl (C=O) groups excluding carboxylic acids is 1. The van der Waals surface area contributed by atoms with Crippen molar-refractivity contribution in [1.29, 1.82) is 0 Å². The van der Waals surface area contributed by atoms with E-state index in [4.69, 9.17) is 0 Å². The zero-order chi connectivity index (χ0) is 22.7. The molecule has 0 aliphatic carbocycles. The summed E-state index contributed by atoms with van der Waals surface area (Å²) >= 11 is 0. The molecule has 0 atom stereocenters. The number of aryl methyl sites for hydroxylation is 1. The minimum atomic E-state index is 0.0772. The van der Waals surface area contributed by atoms with E-state index >= 15 is 0 Å². The van der Waals surface area contributed by atoms with Gasteiger partial charge in [-0.05, 0) is 47.7 Å². The van der Waals surface area contributed by atoms with E-state index in [0.29, 0.717) is 18.9 Å².